The fourth-order valence-corrected chi connectivity index (χ4v) is 5.38. The first kappa shape index (κ1) is 12.4. The zero-order valence-corrected chi connectivity index (χ0v) is 12.6. The molecule has 1 unspecified atom stereocenters. The third-order valence-corrected chi connectivity index (χ3v) is 6.92. The van der Waals surface area contributed by atoms with Crippen molar-refractivity contribution in [3.8, 4) is 0 Å². The minimum absolute atomic E-state index is 0.868. The van der Waals surface area contributed by atoms with Crippen LogP contribution in [-0.4, -0.2) is 19.5 Å². The molecule has 0 N–H and O–H groups in total. The van der Waals surface area contributed by atoms with Gasteiger partial charge < -0.3 is 4.12 Å². The summed E-state index contributed by atoms with van der Waals surface area (Å²) in [5.74, 6) is 0. The van der Waals surface area contributed by atoms with Crippen LogP contribution in [0.2, 0.25) is 6.04 Å². The molecule has 0 spiro atoms. The molecule has 1 rings (SSSR count). The van der Waals surface area contributed by atoms with Gasteiger partial charge in [0.15, 0.2) is 9.04 Å². The van der Waals surface area contributed by atoms with E-state index in [0.717, 1.165) is 16.9 Å². The van der Waals surface area contributed by atoms with E-state index < -0.39 is 9.04 Å². The van der Waals surface area contributed by atoms with Crippen LogP contribution in [-0.2, 0) is 4.12 Å². The molecule has 0 fully saturated rings. The fourth-order valence-electron chi connectivity index (χ4n) is 1.71. The SMILES string of the molecule is C=CCCCC[SiH](O[SiH3])c1ccccc1. The third kappa shape index (κ3) is 4.60. The molecule has 1 atom stereocenters. The number of benzene rings is 1. The third-order valence-electron chi connectivity index (χ3n) is 2.58. The van der Waals surface area contributed by atoms with Crippen molar-refractivity contribution in [2.24, 2.45) is 0 Å². The quantitative estimate of drug-likeness (QED) is 0.394. The van der Waals surface area contributed by atoms with E-state index in [-0.39, 0.29) is 0 Å². The molecule has 3 heteroatoms. The first-order chi connectivity index (χ1) is 7.38. The molecule has 0 saturated carbocycles. The summed E-state index contributed by atoms with van der Waals surface area (Å²) in [4.78, 5) is 0. The minimum atomic E-state index is -1.09. The Balaban J connectivity index is 2.39. The lowest BCUT2D eigenvalue weighted by Crippen LogP contribution is -2.32. The van der Waals surface area contributed by atoms with Crippen LogP contribution < -0.4 is 5.19 Å². The number of unbranched alkanes of at least 4 members (excludes halogenated alkanes) is 2. The van der Waals surface area contributed by atoms with E-state index in [4.69, 9.17) is 4.12 Å². The van der Waals surface area contributed by atoms with Gasteiger partial charge in [-0.2, -0.15) is 0 Å². The van der Waals surface area contributed by atoms with Gasteiger partial charge in [-0.25, -0.2) is 0 Å². The molecule has 0 aliphatic heterocycles. The van der Waals surface area contributed by atoms with Crippen molar-refractivity contribution in [1.82, 2.24) is 0 Å². The fraction of sp³-hybridized carbons (Fsp3) is 0.333. The molecule has 1 nitrogen and oxygen atoms in total. The maximum Gasteiger partial charge on any atom is 0.194 e. The second-order valence-corrected chi connectivity index (χ2v) is 7.82. The zero-order valence-electron chi connectivity index (χ0n) is 9.49. The predicted octanol–water partition coefficient (Wildman–Crippen LogP) is 1.27. The summed E-state index contributed by atoms with van der Waals surface area (Å²) >= 11 is 0. The summed E-state index contributed by atoms with van der Waals surface area (Å²) < 4.78 is 5.77. The van der Waals surface area contributed by atoms with E-state index >= 15 is 0 Å². The topological polar surface area (TPSA) is 9.23 Å². The van der Waals surface area contributed by atoms with Crippen molar-refractivity contribution in [2.45, 2.75) is 25.3 Å². The van der Waals surface area contributed by atoms with Gasteiger partial charge in [0.2, 0.25) is 0 Å². The van der Waals surface area contributed by atoms with Crippen molar-refractivity contribution < 1.29 is 4.12 Å². The second-order valence-electron chi connectivity index (χ2n) is 3.71. The van der Waals surface area contributed by atoms with Crippen LogP contribution in [0.1, 0.15) is 19.3 Å². The maximum atomic E-state index is 5.77. The van der Waals surface area contributed by atoms with Crippen LogP contribution in [0, 0.1) is 0 Å². The smallest absolute Gasteiger partial charge is 0.194 e. The lowest BCUT2D eigenvalue weighted by molar-refractivity contribution is 0.632. The standard InChI is InChI=1S/C12H20OSi2/c1-2-3-4-8-11-15(13-14)12-9-6-5-7-10-12/h2,5-7,9-10,15H,1,3-4,8,11H2,14H3. The molecule has 15 heavy (non-hydrogen) atoms. The van der Waals surface area contributed by atoms with Crippen molar-refractivity contribution in [1.29, 1.82) is 0 Å². The van der Waals surface area contributed by atoms with Gasteiger partial charge in [0.25, 0.3) is 0 Å². The van der Waals surface area contributed by atoms with Crippen LogP contribution in [0.4, 0.5) is 0 Å². The van der Waals surface area contributed by atoms with Crippen LogP contribution in [0.25, 0.3) is 0 Å². The first-order valence-electron chi connectivity index (χ1n) is 5.57. The molecule has 0 aromatic heterocycles. The van der Waals surface area contributed by atoms with E-state index in [1.165, 1.54) is 24.1 Å². The highest BCUT2D eigenvalue weighted by atomic mass is 28.3. The average Bonchev–Trinajstić information content (AvgIpc) is 2.30. The molecule has 0 amide bonds. The van der Waals surface area contributed by atoms with Gasteiger partial charge in [0.05, 0.1) is 0 Å². The lowest BCUT2D eigenvalue weighted by Gasteiger charge is -2.13. The van der Waals surface area contributed by atoms with Gasteiger partial charge in [0, 0.05) is 0 Å². The molecule has 0 saturated heterocycles. The molecule has 0 radical (unpaired) electrons. The van der Waals surface area contributed by atoms with E-state index in [1.807, 2.05) is 6.08 Å². The Hall–Kier alpha value is -0.646. The molecule has 0 heterocycles. The molecule has 0 bridgehead atoms. The summed E-state index contributed by atoms with van der Waals surface area (Å²) in [5.41, 5.74) is 0. The van der Waals surface area contributed by atoms with E-state index in [9.17, 15) is 0 Å². The normalized spacial score (nSPS) is 12.5. The Morgan fingerprint density at radius 3 is 2.60 bits per heavy atom. The highest BCUT2D eigenvalue weighted by molar-refractivity contribution is 6.69. The van der Waals surface area contributed by atoms with Crippen molar-refractivity contribution >= 4 is 24.7 Å². The number of hydrogen-bond acceptors (Lipinski definition) is 1. The van der Waals surface area contributed by atoms with Gasteiger partial charge in [-0.15, -0.1) is 6.58 Å². The second kappa shape index (κ2) is 7.62. The summed E-state index contributed by atoms with van der Waals surface area (Å²) in [7, 11) is -0.219. The van der Waals surface area contributed by atoms with Gasteiger partial charge in [-0.1, -0.05) is 49.2 Å². The number of hydrogen-bond donors (Lipinski definition) is 0. The van der Waals surface area contributed by atoms with Crippen LogP contribution in [0.15, 0.2) is 43.0 Å². The maximum absolute atomic E-state index is 5.77. The van der Waals surface area contributed by atoms with E-state index in [2.05, 4.69) is 36.9 Å². The molecule has 82 valence electrons. The van der Waals surface area contributed by atoms with Crippen LogP contribution >= 0.6 is 0 Å². The summed E-state index contributed by atoms with van der Waals surface area (Å²) in [6, 6.07) is 12.0. The van der Waals surface area contributed by atoms with E-state index in [0.29, 0.717) is 0 Å². The molecule has 0 aliphatic carbocycles. The highest BCUT2D eigenvalue weighted by Crippen LogP contribution is 2.05. The van der Waals surface area contributed by atoms with Crippen molar-refractivity contribution in [2.75, 3.05) is 0 Å². The summed E-state index contributed by atoms with van der Waals surface area (Å²) in [6.07, 6.45) is 5.67. The molecule has 1 aromatic rings. The Morgan fingerprint density at radius 2 is 2.00 bits per heavy atom. The van der Waals surface area contributed by atoms with Gasteiger partial charge in [-0.05, 0) is 17.7 Å². The zero-order chi connectivity index (χ0) is 10.9. The first-order valence-corrected chi connectivity index (χ1v) is 8.25. The lowest BCUT2D eigenvalue weighted by atomic mass is 10.2. The van der Waals surface area contributed by atoms with Crippen molar-refractivity contribution in [3.63, 3.8) is 0 Å². The Labute approximate surface area is 97.4 Å². The van der Waals surface area contributed by atoms with Gasteiger partial charge in [0.1, 0.15) is 10.5 Å². The Kier molecular flexibility index (Phi) is 6.31. The van der Waals surface area contributed by atoms with Gasteiger partial charge in [-0.3, -0.25) is 0 Å². The highest BCUT2D eigenvalue weighted by Gasteiger charge is 2.11. The average molecular weight is 236 g/mol. The van der Waals surface area contributed by atoms with Crippen LogP contribution in [0.5, 0.6) is 0 Å². The Bertz CT molecular complexity index is 274. The van der Waals surface area contributed by atoms with Crippen LogP contribution in [0.3, 0.4) is 0 Å². The monoisotopic (exact) mass is 236 g/mol. The molecular formula is C12H20OSi2. The summed E-state index contributed by atoms with van der Waals surface area (Å²) in [5, 5.41) is 1.45. The largest absolute Gasteiger partial charge is 0.462 e. The molecular weight excluding hydrogens is 216 g/mol. The van der Waals surface area contributed by atoms with E-state index in [1.54, 1.807) is 0 Å². The molecule has 0 aliphatic rings. The minimum Gasteiger partial charge on any atom is -0.462 e. The predicted molar refractivity (Wildman–Crippen MR) is 73.1 cm³/mol. The molecule has 1 aromatic carbocycles. The number of rotatable bonds is 7. The summed E-state index contributed by atoms with van der Waals surface area (Å²) in [6.45, 7) is 3.74. The number of allylic oxidation sites excluding steroid dienone is 1. The Morgan fingerprint density at radius 1 is 1.27 bits per heavy atom. The van der Waals surface area contributed by atoms with Gasteiger partial charge >= 0.3 is 0 Å². The van der Waals surface area contributed by atoms with Crippen molar-refractivity contribution in [3.05, 3.63) is 43.0 Å².